The number of nitrogens with zero attached hydrogens (tertiary/aromatic N) is 3. The molecule has 0 spiro atoms. The number of hydrogen-bond acceptors (Lipinski definition) is 4. The molecule has 0 N–H and O–H groups in total. The van der Waals surface area contributed by atoms with Crippen molar-refractivity contribution in [2.24, 2.45) is 0 Å². The van der Waals surface area contributed by atoms with Gasteiger partial charge < -0.3 is 0 Å². The molecule has 0 saturated carbocycles. The number of aromatic nitrogens is 2. The maximum absolute atomic E-state index is 9.22. The lowest BCUT2D eigenvalue weighted by Gasteiger charge is -1.99. The topological polar surface area (TPSA) is 41.1 Å². The summed E-state index contributed by atoms with van der Waals surface area (Å²) in [6.07, 6.45) is 1.87. The third kappa shape index (κ3) is 2.47. The van der Waals surface area contributed by atoms with Gasteiger partial charge >= 0.3 is 0 Å². The lowest BCUT2D eigenvalue weighted by molar-refractivity contribution is 1.14. The first-order valence-electron chi connectivity index (χ1n) is 5.51. The summed E-state index contributed by atoms with van der Waals surface area (Å²) in [5, 5.41) is 12.7. The summed E-state index contributed by atoms with van der Waals surface area (Å²) in [6.45, 7) is 0. The highest BCUT2D eigenvalue weighted by Crippen LogP contribution is 2.28. The van der Waals surface area contributed by atoms with Crippen LogP contribution in [-0.4, -0.2) is 9.38 Å². The molecule has 2 heterocycles. The molecule has 6 heteroatoms. The second-order valence-corrected chi connectivity index (χ2v) is 6.12. The van der Waals surface area contributed by atoms with Crippen LogP contribution in [0.15, 0.2) is 40.9 Å². The lowest BCUT2D eigenvalue weighted by Crippen LogP contribution is -1.85. The van der Waals surface area contributed by atoms with E-state index in [0.29, 0.717) is 5.69 Å². The molecular weight excluding hydrogens is 298 g/mol. The van der Waals surface area contributed by atoms with Crippen molar-refractivity contribution in [3.63, 3.8) is 0 Å². The van der Waals surface area contributed by atoms with Gasteiger partial charge in [-0.15, -0.1) is 11.3 Å². The summed E-state index contributed by atoms with van der Waals surface area (Å²) in [5.41, 5.74) is 1.77. The number of thioether (sulfide) groups is 1. The molecule has 0 unspecified atom stereocenters. The number of benzene rings is 1. The van der Waals surface area contributed by atoms with Gasteiger partial charge in [0, 0.05) is 22.4 Å². The van der Waals surface area contributed by atoms with Crippen molar-refractivity contribution in [3.8, 4) is 6.07 Å². The van der Waals surface area contributed by atoms with Crippen LogP contribution in [0.3, 0.4) is 0 Å². The minimum atomic E-state index is 0.607. The number of imidazole rings is 1. The molecule has 0 saturated heterocycles. The van der Waals surface area contributed by atoms with E-state index in [4.69, 9.17) is 11.6 Å². The Hall–Kier alpha value is -1.48. The predicted octanol–water partition coefficient (Wildman–Crippen LogP) is 4.21. The Labute approximate surface area is 123 Å². The van der Waals surface area contributed by atoms with E-state index in [-0.39, 0.29) is 0 Å². The molecule has 1 aromatic carbocycles. The van der Waals surface area contributed by atoms with E-state index in [1.165, 1.54) is 11.3 Å². The van der Waals surface area contributed by atoms with Crippen LogP contribution in [0.2, 0.25) is 5.02 Å². The Bertz CT molecular complexity index is 752. The number of fused-ring (bicyclic) bond motifs is 1. The zero-order valence-corrected chi connectivity index (χ0v) is 12.1. The van der Waals surface area contributed by atoms with Gasteiger partial charge in [0.15, 0.2) is 10.7 Å². The molecule has 0 amide bonds. The van der Waals surface area contributed by atoms with Crippen LogP contribution in [0.1, 0.15) is 11.3 Å². The van der Waals surface area contributed by atoms with Crippen molar-refractivity contribution in [3.05, 3.63) is 52.1 Å². The number of hydrogen-bond donors (Lipinski definition) is 0. The molecule has 0 aliphatic carbocycles. The van der Waals surface area contributed by atoms with Crippen LogP contribution in [0, 0.1) is 11.3 Å². The van der Waals surface area contributed by atoms with Crippen LogP contribution in [-0.2, 0) is 5.75 Å². The fraction of sp³-hybridized carbons (Fsp3) is 0.0769. The number of thiazole rings is 1. The summed E-state index contributed by atoms with van der Waals surface area (Å²) in [4.78, 5) is 5.33. The molecule has 19 heavy (non-hydrogen) atoms. The maximum Gasteiger partial charge on any atom is 0.195 e. The van der Waals surface area contributed by atoms with E-state index in [2.05, 4.69) is 11.1 Å². The van der Waals surface area contributed by atoms with Crippen LogP contribution >= 0.6 is 34.7 Å². The second kappa shape index (κ2) is 5.25. The summed E-state index contributed by atoms with van der Waals surface area (Å²) in [6, 6.07) is 9.93. The first-order chi connectivity index (χ1) is 9.28. The van der Waals surface area contributed by atoms with Gasteiger partial charge in [0.1, 0.15) is 11.1 Å². The molecule has 0 bridgehead atoms. The van der Waals surface area contributed by atoms with Crippen molar-refractivity contribution in [1.29, 1.82) is 5.26 Å². The smallest absolute Gasteiger partial charge is 0.195 e. The molecule has 94 valence electrons. The first-order valence-corrected chi connectivity index (χ1v) is 7.75. The van der Waals surface area contributed by atoms with Gasteiger partial charge in [0.25, 0.3) is 0 Å². The van der Waals surface area contributed by atoms with E-state index in [9.17, 15) is 5.26 Å². The molecule has 0 radical (unpaired) electrons. The SMILES string of the molecule is N#Cc1c(SCc2ccc(Cl)cc2)nc2sccn12. The van der Waals surface area contributed by atoms with Gasteiger partial charge in [-0.1, -0.05) is 35.5 Å². The van der Waals surface area contributed by atoms with E-state index in [1.54, 1.807) is 11.8 Å². The van der Waals surface area contributed by atoms with E-state index in [0.717, 1.165) is 26.3 Å². The quantitative estimate of drug-likeness (QED) is 0.681. The van der Waals surface area contributed by atoms with Gasteiger partial charge in [-0.3, -0.25) is 4.40 Å². The summed E-state index contributed by atoms with van der Waals surface area (Å²) in [7, 11) is 0. The van der Waals surface area contributed by atoms with Gasteiger partial charge in [-0.2, -0.15) is 5.26 Å². The number of rotatable bonds is 3. The van der Waals surface area contributed by atoms with E-state index < -0.39 is 0 Å². The van der Waals surface area contributed by atoms with Gasteiger partial charge in [0.05, 0.1) is 0 Å². The van der Waals surface area contributed by atoms with Gasteiger partial charge in [-0.05, 0) is 17.7 Å². The van der Waals surface area contributed by atoms with Crippen molar-refractivity contribution in [2.45, 2.75) is 10.8 Å². The Morgan fingerprint density at radius 3 is 2.89 bits per heavy atom. The zero-order valence-electron chi connectivity index (χ0n) is 9.71. The maximum atomic E-state index is 9.22. The first kappa shape index (κ1) is 12.5. The molecule has 3 rings (SSSR count). The minimum absolute atomic E-state index is 0.607. The molecule has 0 fully saturated rings. The number of halogens is 1. The predicted molar refractivity (Wildman–Crippen MR) is 78.8 cm³/mol. The summed E-state index contributed by atoms with van der Waals surface area (Å²) in [5.74, 6) is 0.774. The van der Waals surface area contributed by atoms with Gasteiger partial charge in [0.2, 0.25) is 0 Å². The van der Waals surface area contributed by atoms with Crippen LogP contribution in [0.4, 0.5) is 0 Å². The Morgan fingerprint density at radius 2 is 2.16 bits per heavy atom. The highest BCUT2D eigenvalue weighted by molar-refractivity contribution is 7.98. The molecule has 0 aliphatic heterocycles. The summed E-state index contributed by atoms with van der Waals surface area (Å²) < 4.78 is 1.83. The molecule has 3 aromatic rings. The third-order valence-corrected chi connectivity index (χ3v) is 4.67. The molecule has 2 aromatic heterocycles. The standard InChI is InChI=1S/C13H8ClN3S2/c14-10-3-1-9(2-4-10)8-19-12-11(7-15)17-5-6-18-13(17)16-12/h1-6H,8H2. The fourth-order valence-electron chi connectivity index (χ4n) is 1.70. The average molecular weight is 306 g/mol. The Kier molecular flexibility index (Phi) is 3.47. The monoisotopic (exact) mass is 305 g/mol. The van der Waals surface area contributed by atoms with Crippen LogP contribution in [0.5, 0.6) is 0 Å². The molecule has 0 aliphatic rings. The molecule has 3 nitrogen and oxygen atoms in total. The highest BCUT2D eigenvalue weighted by atomic mass is 35.5. The normalized spacial score (nSPS) is 10.7. The van der Waals surface area contributed by atoms with Crippen LogP contribution in [0.25, 0.3) is 4.96 Å². The van der Waals surface area contributed by atoms with Crippen LogP contribution < -0.4 is 0 Å². The Morgan fingerprint density at radius 1 is 1.37 bits per heavy atom. The van der Waals surface area contributed by atoms with E-state index in [1.807, 2.05) is 40.2 Å². The third-order valence-electron chi connectivity index (χ3n) is 2.62. The molecular formula is C13H8ClN3S2. The second-order valence-electron chi connectivity index (χ2n) is 3.85. The lowest BCUT2D eigenvalue weighted by atomic mass is 10.2. The van der Waals surface area contributed by atoms with Crippen molar-refractivity contribution < 1.29 is 0 Å². The fourth-order valence-corrected chi connectivity index (χ4v) is 3.53. The largest absolute Gasteiger partial charge is 0.281 e. The van der Waals surface area contributed by atoms with Crippen molar-refractivity contribution in [1.82, 2.24) is 9.38 Å². The van der Waals surface area contributed by atoms with E-state index >= 15 is 0 Å². The minimum Gasteiger partial charge on any atom is -0.281 e. The van der Waals surface area contributed by atoms with Gasteiger partial charge in [-0.25, -0.2) is 4.98 Å². The average Bonchev–Trinajstić information content (AvgIpc) is 2.98. The highest BCUT2D eigenvalue weighted by Gasteiger charge is 2.13. The zero-order chi connectivity index (χ0) is 13.2. The molecule has 0 atom stereocenters. The Balaban J connectivity index is 1.83. The van der Waals surface area contributed by atoms with Crippen molar-refractivity contribution in [2.75, 3.05) is 0 Å². The summed E-state index contributed by atoms with van der Waals surface area (Å²) >= 11 is 8.95. The number of nitriles is 1. The van der Waals surface area contributed by atoms with Crippen molar-refractivity contribution >= 4 is 39.7 Å².